The Balaban J connectivity index is 2.75. The zero-order valence-corrected chi connectivity index (χ0v) is 11.5. The van der Waals surface area contributed by atoms with E-state index in [9.17, 15) is 8.42 Å². The molecular formula is C11H24N2O3S. The normalized spacial score (nSPS) is 19.1. The molecule has 5 nitrogen and oxygen atoms in total. The third-order valence-corrected chi connectivity index (χ3v) is 4.86. The summed E-state index contributed by atoms with van der Waals surface area (Å²) in [5, 5.41) is 9.03. The highest BCUT2D eigenvalue weighted by Gasteiger charge is 2.30. The lowest BCUT2D eigenvalue weighted by molar-refractivity contribution is 0.197. The molecule has 0 aromatic heterocycles. The third kappa shape index (κ3) is 4.54. The van der Waals surface area contributed by atoms with Crippen molar-refractivity contribution in [2.75, 3.05) is 13.2 Å². The highest BCUT2D eigenvalue weighted by molar-refractivity contribution is 7.87. The van der Waals surface area contributed by atoms with Crippen molar-refractivity contribution in [2.45, 2.75) is 58.0 Å². The van der Waals surface area contributed by atoms with Crippen LogP contribution in [0.1, 0.15) is 46.0 Å². The van der Waals surface area contributed by atoms with E-state index in [0.717, 1.165) is 25.7 Å². The average Bonchev–Trinajstić information content (AvgIpc) is 2.25. The molecule has 1 saturated carbocycles. The van der Waals surface area contributed by atoms with Gasteiger partial charge in [0.25, 0.3) is 10.2 Å². The lowest BCUT2D eigenvalue weighted by atomic mass is 9.95. The number of aliphatic hydroxyl groups is 1. The molecule has 0 aliphatic heterocycles. The van der Waals surface area contributed by atoms with Crippen LogP contribution in [0.25, 0.3) is 0 Å². The standard InChI is InChI=1S/C11H24N2O3S/c1-10(2)12-17(15,16)13(8-9-14)11-6-4-3-5-7-11/h10-12,14H,3-9H2,1-2H3. The van der Waals surface area contributed by atoms with Gasteiger partial charge in [-0.25, -0.2) is 0 Å². The molecule has 0 unspecified atom stereocenters. The summed E-state index contributed by atoms with van der Waals surface area (Å²) in [5.74, 6) is 0. The number of hydrogen-bond donors (Lipinski definition) is 2. The minimum atomic E-state index is -3.46. The number of nitrogens with one attached hydrogen (secondary N) is 1. The van der Waals surface area contributed by atoms with E-state index in [2.05, 4.69) is 4.72 Å². The second-order valence-electron chi connectivity index (χ2n) is 4.90. The third-order valence-electron chi connectivity index (χ3n) is 3.00. The molecule has 1 aliphatic rings. The Morgan fingerprint density at radius 1 is 1.29 bits per heavy atom. The highest BCUT2D eigenvalue weighted by Crippen LogP contribution is 2.24. The van der Waals surface area contributed by atoms with Crippen molar-refractivity contribution in [1.82, 2.24) is 9.03 Å². The molecular weight excluding hydrogens is 240 g/mol. The van der Waals surface area contributed by atoms with Crippen molar-refractivity contribution in [3.8, 4) is 0 Å². The van der Waals surface area contributed by atoms with Crippen LogP contribution < -0.4 is 4.72 Å². The van der Waals surface area contributed by atoms with Gasteiger partial charge >= 0.3 is 0 Å². The quantitative estimate of drug-likeness (QED) is 0.747. The van der Waals surface area contributed by atoms with Crippen LogP contribution in [0.3, 0.4) is 0 Å². The molecule has 1 aliphatic carbocycles. The summed E-state index contributed by atoms with van der Waals surface area (Å²) in [4.78, 5) is 0. The summed E-state index contributed by atoms with van der Waals surface area (Å²) in [6.07, 6.45) is 5.13. The fourth-order valence-electron chi connectivity index (χ4n) is 2.33. The smallest absolute Gasteiger partial charge is 0.280 e. The van der Waals surface area contributed by atoms with Crippen LogP contribution in [0.15, 0.2) is 0 Å². The van der Waals surface area contributed by atoms with Gasteiger partial charge in [-0.05, 0) is 26.7 Å². The molecule has 0 atom stereocenters. The molecule has 0 aromatic carbocycles. The van der Waals surface area contributed by atoms with Crippen LogP contribution in [0.5, 0.6) is 0 Å². The first-order valence-corrected chi connectivity index (χ1v) is 7.81. The molecule has 0 radical (unpaired) electrons. The van der Waals surface area contributed by atoms with Gasteiger partial charge in [0.05, 0.1) is 6.61 Å². The summed E-state index contributed by atoms with van der Waals surface area (Å²) >= 11 is 0. The van der Waals surface area contributed by atoms with Crippen molar-refractivity contribution in [3.05, 3.63) is 0 Å². The molecule has 1 rings (SSSR count). The summed E-state index contributed by atoms with van der Waals surface area (Å²) in [7, 11) is -3.46. The lowest BCUT2D eigenvalue weighted by Crippen LogP contribution is -2.50. The van der Waals surface area contributed by atoms with Crippen LogP contribution in [0.4, 0.5) is 0 Å². The predicted octanol–water partition coefficient (Wildman–Crippen LogP) is 0.856. The van der Waals surface area contributed by atoms with Crippen LogP contribution in [0.2, 0.25) is 0 Å². The molecule has 0 spiro atoms. The van der Waals surface area contributed by atoms with Crippen molar-refractivity contribution in [3.63, 3.8) is 0 Å². The van der Waals surface area contributed by atoms with Crippen LogP contribution in [0, 0.1) is 0 Å². The topological polar surface area (TPSA) is 69.6 Å². The Kier molecular flexibility index (Phi) is 5.85. The van der Waals surface area contributed by atoms with E-state index >= 15 is 0 Å². The SMILES string of the molecule is CC(C)NS(=O)(=O)N(CCO)C1CCCCC1. The van der Waals surface area contributed by atoms with Gasteiger partial charge in [0.15, 0.2) is 0 Å². The van der Waals surface area contributed by atoms with E-state index in [1.54, 1.807) is 13.8 Å². The van der Waals surface area contributed by atoms with Gasteiger partial charge in [0.1, 0.15) is 0 Å². The molecule has 1 fully saturated rings. The molecule has 0 aromatic rings. The van der Waals surface area contributed by atoms with E-state index < -0.39 is 10.2 Å². The maximum atomic E-state index is 12.1. The largest absolute Gasteiger partial charge is 0.395 e. The molecule has 0 amide bonds. The maximum Gasteiger partial charge on any atom is 0.280 e. The molecule has 0 bridgehead atoms. The van der Waals surface area contributed by atoms with E-state index in [4.69, 9.17) is 5.11 Å². The summed E-state index contributed by atoms with van der Waals surface area (Å²) in [5.41, 5.74) is 0. The molecule has 102 valence electrons. The fourth-order valence-corrected chi connectivity index (χ4v) is 3.99. The number of nitrogens with zero attached hydrogens (tertiary/aromatic N) is 1. The van der Waals surface area contributed by atoms with E-state index in [-0.39, 0.29) is 25.2 Å². The van der Waals surface area contributed by atoms with E-state index in [1.807, 2.05) is 0 Å². The molecule has 6 heteroatoms. The van der Waals surface area contributed by atoms with Gasteiger partial charge in [-0.3, -0.25) is 0 Å². The first kappa shape index (κ1) is 14.9. The maximum absolute atomic E-state index is 12.1. The molecule has 2 N–H and O–H groups in total. The minimum absolute atomic E-state index is 0.0483. The van der Waals surface area contributed by atoms with Gasteiger partial charge in [0.2, 0.25) is 0 Å². The molecule has 0 saturated heterocycles. The number of rotatable bonds is 6. The summed E-state index contributed by atoms with van der Waals surface area (Å²) in [6.45, 7) is 3.66. The van der Waals surface area contributed by atoms with Crippen molar-refractivity contribution in [1.29, 1.82) is 0 Å². The van der Waals surface area contributed by atoms with Crippen LogP contribution >= 0.6 is 0 Å². The van der Waals surface area contributed by atoms with Crippen molar-refractivity contribution < 1.29 is 13.5 Å². The van der Waals surface area contributed by atoms with E-state index in [0.29, 0.717) is 0 Å². The summed E-state index contributed by atoms with van der Waals surface area (Å²) < 4.78 is 28.3. The van der Waals surface area contributed by atoms with Gasteiger partial charge in [-0.15, -0.1) is 0 Å². The van der Waals surface area contributed by atoms with Crippen LogP contribution in [-0.4, -0.2) is 43.1 Å². The highest BCUT2D eigenvalue weighted by atomic mass is 32.2. The minimum Gasteiger partial charge on any atom is -0.395 e. The number of hydrogen-bond acceptors (Lipinski definition) is 3. The lowest BCUT2D eigenvalue weighted by Gasteiger charge is -2.33. The Labute approximate surface area is 104 Å². The molecule has 0 heterocycles. The van der Waals surface area contributed by atoms with Crippen molar-refractivity contribution in [2.24, 2.45) is 0 Å². The van der Waals surface area contributed by atoms with E-state index in [1.165, 1.54) is 10.7 Å². The first-order valence-electron chi connectivity index (χ1n) is 6.37. The van der Waals surface area contributed by atoms with Gasteiger partial charge in [-0.2, -0.15) is 17.4 Å². The second kappa shape index (κ2) is 6.68. The Morgan fingerprint density at radius 2 is 1.88 bits per heavy atom. The second-order valence-corrected chi connectivity index (χ2v) is 6.56. The summed E-state index contributed by atoms with van der Waals surface area (Å²) in [6, 6.07) is -0.0723. The Hall–Kier alpha value is -0.170. The number of aliphatic hydroxyl groups excluding tert-OH is 1. The monoisotopic (exact) mass is 264 g/mol. The van der Waals surface area contributed by atoms with Gasteiger partial charge in [-0.1, -0.05) is 19.3 Å². The Bertz CT molecular complexity index is 311. The Morgan fingerprint density at radius 3 is 2.35 bits per heavy atom. The zero-order valence-electron chi connectivity index (χ0n) is 10.7. The van der Waals surface area contributed by atoms with Gasteiger partial charge < -0.3 is 5.11 Å². The zero-order chi connectivity index (χ0) is 12.9. The first-order chi connectivity index (χ1) is 7.97. The fraction of sp³-hybridized carbons (Fsp3) is 1.00. The molecule has 17 heavy (non-hydrogen) atoms. The average molecular weight is 264 g/mol. The van der Waals surface area contributed by atoms with Gasteiger partial charge in [0, 0.05) is 18.6 Å². The predicted molar refractivity (Wildman–Crippen MR) is 67.9 cm³/mol. The van der Waals surface area contributed by atoms with Crippen molar-refractivity contribution >= 4 is 10.2 Å². The van der Waals surface area contributed by atoms with Crippen LogP contribution in [-0.2, 0) is 10.2 Å².